The van der Waals surface area contributed by atoms with Crippen LogP contribution in [0.4, 0.5) is 0 Å². The van der Waals surface area contributed by atoms with Crippen molar-refractivity contribution >= 4 is 5.91 Å². The molecule has 0 aromatic rings. The molecule has 5 heteroatoms. The molecule has 0 aliphatic rings. The highest BCUT2D eigenvalue weighted by atomic mass is 16.3. The monoisotopic (exact) mass is 648 g/mol. The number of carbonyl (C=O) groups excluding carboxylic acids is 1. The summed E-state index contributed by atoms with van der Waals surface area (Å²) in [6, 6.07) is -0.817. The molecule has 0 saturated heterocycles. The van der Waals surface area contributed by atoms with E-state index in [9.17, 15) is 20.1 Å². The van der Waals surface area contributed by atoms with E-state index < -0.39 is 24.2 Å². The molecule has 0 aliphatic carbocycles. The molecule has 1 amide bonds. The van der Waals surface area contributed by atoms with Crippen LogP contribution in [0, 0.1) is 0 Å². The normalized spacial score (nSPS) is 14.1. The molecule has 0 fully saturated rings. The molecule has 46 heavy (non-hydrogen) atoms. The lowest BCUT2D eigenvalue weighted by atomic mass is 10.0. The Morgan fingerprint density at radius 2 is 0.891 bits per heavy atom. The molecular weight excluding hydrogens is 570 g/mol. The van der Waals surface area contributed by atoms with Crippen molar-refractivity contribution in [1.82, 2.24) is 5.32 Å². The van der Waals surface area contributed by atoms with Crippen molar-refractivity contribution < 1.29 is 20.1 Å². The van der Waals surface area contributed by atoms with Crippen molar-refractivity contribution in [3.05, 3.63) is 36.5 Å². The first-order valence-electron chi connectivity index (χ1n) is 19.8. The van der Waals surface area contributed by atoms with Gasteiger partial charge in [-0.05, 0) is 44.9 Å². The maximum atomic E-state index is 12.4. The van der Waals surface area contributed by atoms with Gasteiger partial charge in [0.05, 0.1) is 18.8 Å². The van der Waals surface area contributed by atoms with Crippen LogP contribution in [-0.4, -0.2) is 46.1 Å². The molecule has 3 atom stereocenters. The third kappa shape index (κ3) is 31.2. The van der Waals surface area contributed by atoms with Gasteiger partial charge in [-0.3, -0.25) is 4.79 Å². The number of aliphatic hydroxyl groups excluding tert-OH is 3. The smallest absolute Gasteiger partial charge is 0.249 e. The van der Waals surface area contributed by atoms with Gasteiger partial charge in [-0.1, -0.05) is 185 Å². The molecule has 0 saturated carbocycles. The Kier molecular flexibility index (Phi) is 35.3. The highest BCUT2D eigenvalue weighted by molar-refractivity contribution is 5.80. The van der Waals surface area contributed by atoms with Gasteiger partial charge in [-0.25, -0.2) is 0 Å². The quantitative estimate of drug-likeness (QED) is 0.0407. The zero-order chi connectivity index (χ0) is 33.8. The predicted octanol–water partition coefficient (Wildman–Crippen LogP) is 10.8. The van der Waals surface area contributed by atoms with E-state index in [2.05, 4.69) is 43.5 Å². The average molecular weight is 648 g/mol. The van der Waals surface area contributed by atoms with Gasteiger partial charge in [0.15, 0.2) is 0 Å². The van der Waals surface area contributed by atoms with Crippen LogP contribution in [0.25, 0.3) is 0 Å². The third-order valence-corrected chi connectivity index (χ3v) is 8.96. The second-order valence-corrected chi connectivity index (χ2v) is 13.5. The lowest BCUT2D eigenvalue weighted by molar-refractivity contribution is -0.131. The second-order valence-electron chi connectivity index (χ2n) is 13.5. The lowest BCUT2D eigenvalue weighted by Crippen LogP contribution is -2.48. The Hall–Kier alpha value is -1.43. The van der Waals surface area contributed by atoms with Gasteiger partial charge >= 0.3 is 0 Å². The van der Waals surface area contributed by atoms with Crippen LogP contribution < -0.4 is 5.32 Å². The SMILES string of the molecule is CCCCC/C=C/CC/C=C/CC/C=C/C(O)C(CO)NC(=O)C(O)CCCCCCCCCCCCCCCCCCCCC. The van der Waals surface area contributed by atoms with Crippen LogP contribution >= 0.6 is 0 Å². The van der Waals surface area contributed by atoms with Gasteiger partial charge in [0.2, 0.25) is 5.91 Å². The highest BCUT2D eigenvalue weighted by Gasteiger charge is 2.22. The van der Waals surface area contributed by atoms with Crippen LogP contribution in [0.2, 0.25) is 0 Å². The first kappa shape index (κ1) is 44.6. The minimum atomic E-state index is -1.10. The first-order chi connectivity index (χ1) is 22.6. The van der Waals surface area contributed by atoms with Crippen molar-refractivity contribution in [2.75, 3.05) is 6.61 Å². The zero-order valence-electron chi connectivity index (χ0n) is 30.5. The van der Waals surface area contributed by atoms with Crippen molar-refractivity contribution in [1.29, 1.82) is 0 Å². The Labute approximate surface area is 285 Å². The molecule has 3 unspecified atom stereocenters. The fourth-order valence-electron chi connectivity index (χ4n) is 5.80. The zero-order valence-corrected chi connectivity index (χ0v) is 30.5. The number of hydrogen-bond donors (Lipinski definition) is 4. The number of hydrogen-bond acceptors (Lipinski definition) is 4. The van der Waals surface area contributed by atoms with Crippen molar-refractivity contribution in [2.24, 2.45) is 0 Å². The summed E-state index contributed by atoms with van der Waals surface area (Å²) in [5.74, 6) is -0.517. The van der Waals surface area contributed by atoms with E-state index in [4.69, 9.17) is 0 Å². The van der Waals surface area contributed by atoms with E-state index in [1.54, 1.807) is 6.08 Å². The lowest BCUT2D eigenvalue weighted by Gasteiger charge is -2.21. The van der Waals surface area contributed by atoms with Crippen LogP contribution in [0.3, 0.4) is 0 Å². The molecule has 0 spiro atoms. The van der Waals surface area contributed by atoms with Crippen molar-refractivity contribution in [2.45, 2.75) is 212 Å². The molecule has 0 heterocycles. The Morgan fingerprint density at radius 3 is 1.33 bits per heavy atom. The molecule has 0 aromatic carbocycles. The number of allylic oxidation sites excluding steroid dienone is 5. The summed E-state index contributed by atoms with van der Waals surface area (Å²) in [6.45, 7) is 4.12. The van der Waals surface area contributed by atoms with E-state index >= 15 is 0 Å². The van der Waals surface area contributed by atoms with E-state index in [1.165, 1.54) is 128 Å². The minimum absolute atomic E-state index is 0.380. The summed E-state index contributed by atoms with van der Waals surface area (Å²) in [5, 5.41) is 33.0. The minimum Gasteiger partial charge on any atom is -0.394 e. The van der Waals surface area contributed by atoms with E-state index in [1.807, 2.05) is 6.08 Å². The van der Waals surface area contributed by atoms with E-state index in [-0.39, 0.29) is 6.61 Å². The number of unbranched alkanes of at least 4 members (excludes halogenated alkanes) is 23. The average Bonchev–Trinajstić information content (AvgIpc) is 3.06. The summed E-state index contributed by atoms with van der Waals surface area (Å²) in [6.07, 6.45) is 44.5. The predicted molar refractivity (Wildman–Crippen MR) is 199 cm³/mol. The summed E-state index contributed by atoms with van der Waals surface area (Å²) in [5.41, 5.74) is 0. The molecule has 0 bridgehead atoms. The van der Waals surface area contributed by atoms with Gasteiger partial charge in [-0.2, -0.15) is 0 Å². The number of rotatable bonds is 35. The Bertz CT molecular complexity index is 719. The van der Waals surface area contributed by atoms with Crippen LogP contribution in [-0.2, 0) is 4.79 Å². The Morgan fingerprint density at radius 1 is 0.522 bits per heavy atom. The fourth-order valence-corrected chi connectivity index (χ4v) is 5.80. The van der Waals surface area contributed by atoms with Gasteiger partial charge in [-0.15, -0.1) is 0 Å². The maximum absolute atomic E-state index is 12.4. The van der Waals surface area contributed by atoms with Gasteiger partial charge in [0.1, 0.15) is 6.10 Å². The van der Waals surface area contributed by atoms with Crippen LogP contribution in [0.1, 0.15) is 194 Å². The summed E-state index contributed by atoms with van der Waals surface area (Å²) < 4.78 is 0. The Balaban J connectivity index is 3.73. The van der Waals surface area contributed by atoms with Crippen LogP contribution in [0.5, 0.6) is 0 Å². The van der Waals surface area contributed by atoms with Crippen molar-refractivity contribution in [3.63, 3.8) is 0 Å². The topological polar surface area (TPSA) is 89.8 Å². The molecule has 4 N–H and O–H groups in total. The van der Waals surface area contributed by atoms with Gasteiger partial charge in [0, 0.05) is 0 Å². The van der Waals surface area contributed by atoms with Crippen molar-refractivity contribution in [3.8, 4) is 0 Å². The standard InChI is InChI=1S/C41H77NO4/c1-3-5-7-9-11-13-15-17-18-19-20-21-22-24-26-28-30-32-34-36-40(45)41(46)42-38(37-43)39(44)35-33-31-29-27-25-23-16-14-12-10-8-6-4-2/h12,14,25,27,33,35,38-40,43-45H,3-11,13,15-24,26,28-32,34,36-37H2,1-2H3,(H,42,46)/b14-12+,27-25+,35-33+. The molecule has 0 radical (unpaired) electrons. The molecule has 0 aromatic heterocycles. The first-order valence-corrected chi connectivity index (χ1v) is 19.8. The number of amides is 1. The molecule has 0 rings (SSSR count). The van der Waals surface area contributed by atoms with E-state index in [0.29, 0.717) is 6.42 Å². The fraction of sp³-hybridized carbons (Fsp3) is 0.829. The third-order valence-electron chi connectivity index (χ3n) is 8.96. The van der Waals surface area contributed by atoms with Crippen LogP contribution in [0.15, 0.2) is 36.5 Å². The number of carbonyl (C=O) groups is 1. The molecule has 0 aliphatic heterocycles. The number of aliphatic hydroxyl groups is 3. The molecule has 5 nitrogen and oxygen atoms in total. The maximum Gasteiger partial charge on any atom is 0.249 e. The molecule has 270 valence electrons. The van der Waals surface area contributed by atoms with Gasteiger partial charge in [0.25, 0.3) is 0 Å². The molecular formula is C41H77NO4. The highest BCUT2D eigenvalue weighted by Crippen LogP contribution is 2.15. The largest absolute Gasteiger partial charge is 0.394 e. The summed E-state index contributed by atoms with van der Waals surface area (Å²) in [7, 11) is 0. The van der Waals surface area contributed by atoms with Gasteiger partial charge < -0.3 is 20.6 Å². The summed E-state index contributed by atoms with van der Waals surface area (Å²) in [4.78, 5) is 12.4. The van der Waals surface area contributed by atoms with E-state index in [0.717, 1.165) is 44.9 Å². The summed E-state index contributed by atoms with van der Waals surface area (Å²) >= 11 is 0. The second kappa shape index (κ2) is 36.4. The number of nitrogens with one attached hydrogen (secondary N) is 1.